The first-order valence-corrected chi connectivity index (χ1v) is 8.81. The molecule has 5 nitrogen and oxygen atoms in total. The fourth-order valence-electron chi connectivity index (χ4n) is 3.08. The zero-order valence-electron chi connectivity index (χ0n) is 16.9. The summed E-state index contributed by atoms with van der Waals surface area (Å²) in [6.45, 7) is 16.8. The van der Waals surface area contributed by atoms with E-state index in [1.54, 1.807) is 4.90 Å². The van der Waals surface area contributed by atoms with Crippen molar-refractivity contribution in [1.82, 2.24) is 4.90 Å². The third-order valence-electron chi connectivity index (χ3n) is 5.11. The van der Waals surface area contributed by atoms with Gasteiger partial charge in [0.25, 0.3) is 0 Å². The van der Waals surface area contributed by atoms with Gasteiger partial charge in [-0.25, -0.2) is 9.18 Å². The van der Waals surface area contributed by atoms with E-state index in [0.29, 0.717) is 6.42 Å². The minimum Gasteiger partial charge on any atom is -0.444 e. The lowest BCUT2D eigenvalue weighted by molar-refractivity contribution is -0.0514. The maximum Gasteiger partial charge on any atom is 0.524 e. The van der Waals surface area contributed by atoms with Gasteiger partial charge in [-0.15, -0.1) is 0 Å². The van der Waals surface area contributed by atoms with E-state index >= 15 is 0 Å². The van der Waals surface area contributed by atoms with Crippen LogP contribution in [0.4, 0.5) is 9.18 Å². The van der Waals surface area contributed by atoms with Crippen LogP contribution in [0.15, 0.2) is 11.8 Å². The van der Waals surface area contributed by atoms with Crippen molar-refractivity contribution < 1.29 is 23.2 Å². The molecule has 2 saturated heterocycles. The smallest absolute Gasteiger partial charge is 0.444 e. The average Bonchev–Trinajstić information content (AvgIpc) is 2.54. The number of nitrogens with zero attached hydrogens (tertiary/aromatic N) is 1. The van der Waals surface area contributed by atoms with Gasteiger partial charge in [-0.05, 0) is 74.8 Å². The van der Waals surface area contributed by atoms with E-state index in [-0.39, 0.29) is 11.6 Å². The molecule has 0 N–H and O–H groups in total. The summed E-state index contributed by atoms with van der Waals surface area (Å²) in [6, 6.07) is -0.371. The van der Waals surface area contributed by atoms with Crippen molar-refractivity contribution in [2.45, 2.75) is 97.1 Å². The van der Waals surface area contributed by atoms with Gasteiger partial charge in [0.1, 0.15) is 11.3 Å². The Morgan fingerprint density at radius 1 is 1.16 bits per heavy atom. The molecule has 2 rings (SSSR count). The number of carbonyl (C=O) groups is 1. The molecular weight excluding hydrogens is 324 g/mol. The molecule has 0 saturated carbocycles. The van der Waals surface area contributed by atoms with Gasteiger partial charge < -0.3 is 14.0 Å². The van der Waals surface area contributed by atoms with Crippen LogP contribution in [0.5, 0.6) is 0 Å². The maximum absolute atomic E-state index is 14.7. The molecule has 2 fully saturated rings. The lowest BCUT2D eigenvalue weighted by Gasteiger charge is -2.53. The molecule has 0 radical (unpaired) electrons. The zero-order chi connectivity index (χ0) is 19.4. The van der Waals surface area contributed by atoms with Crippen molar-refractivity contribution >= 4 is 13.2 Å². The molecule has 1 unspecified atom stereocenters. The second-order valence-electron chi connectivity index (χ2n) is 9.57. The number of amides is 1. The average molecular weight is 355 g/mol. The van der Waals surface area contributed by atoms with Crippen LogP contribution < -0.4 is 0 Å². The number of halogens is 1. The molecule has 142 valence electrons. The lowest BCUT2D eigenvalue weighted by atomic mass is 9.78. The van der Waals surface area contributed by atoms with Crippen LogP contribution in [0.3, 0.4) is 0 Å². The van der Waals surface area contributed by atoms with Crippen LogP contribution in [0.25, 0.3) is 0 Å². The largest absolute Gasteiger partial charge is 0.524 e. The maximum atomic E-state index is 14.7. The van der Waals surface area contributed by atoms with E-state index in [0.717, 1.165) is 0 Å². The van der Waals surface area contributed by atoms with Crippen LogP contribution in [-0.4, -0.2) is 46.5 Å². The van der Waals surface area contributed by atoms with Gasteiger partial charge in [0.15, 0.2) is 0 Å². The van der Waals surface area contributed by atoms with Crippen molar-refractivity contribution in [3.63, 3.8) is 0 Å². The number of carbonyl (C=O) groups excluding carboxylic acids is 1. The molecule has 2 aliphatic heterocycles. The van der Waals surface area contributed by atoms with Crippen LogP contribution in [-0.2, 0) is 14.0 Å². The summed E-state index contributed by atoms with van der Waals surface area (Å²) in [5, 5.41) is 0. The first-order chi connectivity index (χ1) is 11.1. The standard InChI is InChI=1S/C18H31BFNO4/c1-15(2,3)23-14(22)21-12(11-16(21,4)5)10-13(20)19-24-17(6,7)18(8,9)25-19/h10,12H,11H2,1-9H3. The minimum atomic E-state index is -1.05. The summed E-state index contributed by atoms with van der Waals surface area (Å²) in [5.74, 6) is 0. The molecule has 0 bridgehead atoms. The van der Waals surface area contributed by atoms with E-state index in [2.05, 4.69) is 0 Å². The van der Waals surface area contributed by atoms with Gasteiger partial charge in [-0.1, -0.05) is 0 Å². The topological polar surface area (TPSA) is 48.0 Å². The number of rotatable bonds is 2. The highest BCUT2D eigenvalue weighted by molar-refractivity contribution is 6.53. The highest BCUT2D eigenvalue weighted by Gasteiger charge is 2.54. The van der Waals surface area contributed by atoms with Gasteiger partial charge in [-0.3, -0.25) is 4.90 Å². The first-order valence-electron chi connectivity index (χ1n) is 8.81. The lowest BCUT2D eigenvalue weighted by Crippen LogP contribution is -2.65. The summed E-state index contributed by atoms with van der Waals surface area (Å²) < 4.78 is 31.6. The minimum absolute atomic E-state index is 0.371. The number of hydrogen-bond acceptors (Lipinski definition) is 4. The Kier molecular flexibility index (Phi) is 4.84. The van der Waals surface area contributed by atoms with E-state index in [9.17, 15) is 9.18 Å². The number of ether oxygens (including phenoxy) is 1. The van der Waals surface area contributed by atoms with Crippen LogP contribution in [0.2, 0.25) is 0 Å². The highest BCUT2D eigenvalue weighted by Crippen LogP contribution is 2.41. The Balaban J connectivity index is 2.13. The molecule has 7 heteroatoms. The van der Waals surface area contributed by atoms with Crippen molar-refractivity contribution in [3.8, 4) is 0 Å². The number of likely N-dealkylation sites (tertiary alicyclic amines) is 1. The summed E-state index contributed by atoms with van der Waals surface area (Å²) in [6.07, 6.45) is 1.63. The van der Waals surface area contributed by atoms with Gasteiger partial charge >= 0.3 is 13.2 Å². The quantitative estimate of drug-likeness (QED) is 0.695. The monoisotopic (exact) mass is 355 g/mol. The Morgan fingerprint density at radius 2 is 1.64 bits per heavy atom. The third-order valence-corrected chi connectivity index (χ3v) is 5.11. The SMILES string of the molecule is CC(C)(C)OC(=O)N1C(C=C(F)B2OC(C)(C)C(C)(C)O2)CC1(C)C. The van der Waals surface area contributed by atoms with Crippen LogP contribution in [0.1, 0.15) is 68.7 Å². The van der Waals surface area contributed by atoms with Crippen LogP contribution in [0, 0.1) is 0 Å². The fraction of sp³-hybridized carbons (Fsp3) is 0.833. The summed E-state index contributed by atoms with van der Waals surface area (Å²) >= 11 is 0. The first kappa shape index (κ1) is 20.2. The molecule has 0 spiro atoms. The molecule has 1 amide bonds. The van der Waals surface area contributed by atoms with E-state index in [4.69, 9.17) is 14.0 Å². The highest BCUT2D eigenvalue weighted by atomic mass is 19.1. The summed E-state index contributed by atoms with van der Waals surface area (Å²) in [5.41, 5.74) is -2.69. The third kappa shape index (κ3) is 4.03. The van der Waals surface area contributed by atoms with Crippen molar-refractivity contribution in [1.29, 1.82) is 0 Å². The van der Waals surface area contributed by atoms with Gasteiger partial charge in [0, 0.05) is 5.54 Å². The molecule has 0 aliphatic carbocycles. The van der Waals surface area contributed by atoms with Crippen LogP contribution >= 0.6 is 0 Å². The molecular formula is C18H31BFNO4. The predicted octanol–water partition coefficient (Wildman–Crippen LogP) is 4.26. The Bertz CT molecular complexity index is 564. The van der Waals surface area contributed by atoms with Crippen molar-refractivity contribution in [2.24, 2.45) is 0 Å². The van der Waals surface area contributed by atoms with E-state index in [1.807, 2.05) is 62.3 Å². The zero-order valence-corrected chi connectivity index (χ0v) is 16.9. The Hall–Kier alpha value is -1.08. The molecule has 0 aromatic carbocycles. The second-order valence-corrected chi connectivity index (χ2v) is 9.57. The van der Waals surface area contributed by atoms with E-state index < -0.39 is 35.7 Å². The molecule has 0 aromatic rings. The second kappa shape index (κ2) is 5.98. The fourth-order valence-corrected chi connectivity index (χ4v) is 3.08. The molecule has 1 atom stereocenters. The molecule has 2 aliphatic rings. The summed E-state index contributed by atoms with van der Waals surface area (Å²) in [4.78, 5) is 14.0. The normalized spacial score (nSPS) is 27.9. The molecule has 25 heavy (non-hydrogen) atoms. The Labute approximate surface area is 151 Å². The van der Waals surface area contributed by atoms with Gasteiger partial charge in [-0.2, -0.15) is 0 Å². The Morgan fingerprint density at radius 3 is 2.04 bits per heavy atom. The summed E-state index contributed by atoms with van der Waals surface area (Å²) in [7, 11) is -1.05. The van der Waals surface area contributed by atoms with Crippen molar-refractivity contribution in [2.75, 3.05) is 0 Å². The number of hydrogen-bond donors (Lipinski definition) is 0. The predicted molar refractivity (Wildman–Crippen MR) is 95.8 cm³/mol. The van der Waals surface area contributed by atoms with Crippen molar-refractivity contribution in [3.05, 3.63) is 11.8 Å². The van der Waals surface area contributed by atoms with E-state index in [1.165, 1.54) is 6.08 Å². The van der Waals surface area contributed by atoms with Gasteiger partial charge in [0.2, 0.25) is 0 Å². The van der Waals surface area contributed by atoms with Gasteiger partial charge in [0.05, 0.1) is 17.2 Å². The molecule has 2 heterocycles. The molecule has 0 aromatic heterocycles.